The van der Waals surface area contributed by atoms with Crippen LogP contribution in [0.15, 0.2) is 73.4 Å². The van der Waals surface area contributed by atoms with Crippen molar-refractivity contribution < 1.29 is 0 Å². The average Bonchev–Trinajstić information content (AvgIpc) is 2.86. The first kappa shape index (κ1) is 20.2. The van der Waals surface area contributed by atoms with Gasteiger partial charge in [0.15, 0.2) is 5.82 Å². The molecule has 2 aromatic heterocycles. The van der Waals surface area contributed by atoms with E-state index in [0.717, 1.165) is 55.5 Å². The zero-order valence-corrected chi connectivity index (χ0v) is 18.4. The lowest BCUT2D eigenvalue weighted by Gasteiger charge is -2.36. The number of anilines is 2. The molecule has 3 heterocycles. The molecule has 1 aliphatic rings. The summed E-state index contributed by atoms with van der Waals surface area (Å²) < 4.78 is 0. The van der Waals surface area contributed by atoms with Crippen molar-refractivity contribution in [3.8, 4) is 0 Å². The number of hydrogen-bond donors (Lipinski definition) is 0. The van der Waals surface area contributed by atoms with Gasteiger partial charge in [-0.1, -0.05) is 66.7 Å². The average molecular weight is 422 g/mol. The van der Waals surface area contributed by atoms with E-state index in [9.17, 15) is 0 Å². The van der Waals surface area contributed by atoms with Crippen LogP contribution in [0.2, 0.25) is 0 Å². The summed E-state index contributed by atoms with van der Waals surface area (Å²) in [5.41, 5.74) is 4.59. The zero-order valence-electron chi connectivity index (χ0n) is 18.4. The summed E-state index contributed by atoms with van der Waals surface area (Å²) in [5, 5.41) is 11.7. The second-order valence-corrected chi connectivity index (χ2v) is 8.31. The molecule has 5 rings (SSSR count). The summed E-state index contributed by atoms with van der Waals surface area (Å²) in [4.78, 5) is 9.26. The molecule has 160 valence electrons. The highest BCUT2D eigenvalue weighted by Crippen LogP contribution is 2.28. The smallest absolute Gasteiger partial charge is 0.159 e. The first-order chi connectivity index (χ1) is 15.7. The molecule has 0 atom stereocenters. The van der Waals surface area contributed by atoms with E-state index in [4.69, 9.17) is 5.10 Å². The molecule has 5 heteroatoms. The Morgan fingerprint density at radius 2 is 1.56 bits per heavy atom. The Kier molecular flexibility index (Phi) is 5.55. The molecule has 1 saturated heterocycles. The van der Waals surface area contributed by atoms with E-state index in [2.05, 4.69) is 94.0 Å². The van der Waals surface area contributed by atoms with Gasteiger partial charge in [-0.15, -0.1) is 5.10 Å². The summed E-state index contributed by atoms with van der Waals surface area (Å²) >= 11 is 0. The number of benzene rings is 2. The Balaban J connectivity index is 1.37. The van der Waals surface area contributed by atoms with Crippen LogP contribution in [0.3, 0.4) is 0 Å². The van der Waals surface area contributed by atoms with Gasteiger partial charge in [0.1, 0.15) is 5.82 Å². The third-order valence-corrected chi connectivity index (χ3v) is 6.15. The fourth-order valence-electron chi connectivity index (χ4n) is 4.26. The van der Waals surface area contributed by atoms with Gasteiger partial charge in [0.05, 0.1) is 5.69 Å². The quantitative estimate of drug-likeness (QED) is 0.459. The Bertz CT molecular complexity index is 1220. The summed E-state index contributed by atoms with van der Waals surface area (Å²) in [5.74, 6) is 1.99. The molecule has 2 aromatic carbocycles. The molecule has 0 aliphatic carbocycles. The molecule has 1 fully saturated rings. The van der Waals surface area contributed by atoms with Crippen LogP contribution in [-0.4, -0.2) is 41.4 Å². The number of aryl methyl sites for hydroxylation is 1. The number of piperazine rings is 1. The molecule has 32 heavy (non-hydrogen) atoms. The highest BCUT2D eigenvalue weighted by atomic mass is 15.3. The Morgan fingerprint density at radius 3 is 2.25 bits per heavy atom. The van der Waals surface area contributed by atoms with Crippen molar-refractivity contribution in [3.63, 3.8) is 0 Å². The van der Waals surface area contributed by atoms with E-state index in [0.29, 0.717) is 0 Å². The minimum absolute atomic E-state index is 0.786. The largest absolute Gasteiger partial charge is 0.353 e. The molecule has 1 aliphatic heterocycles. The van der Waals surface area contributed by atoms with Crippen LogP contribution in [-0.2, 0) is 6.42 Å². The molecule has 0 spiro atoms. The molecular weight excluding hydrogens is 394 g/mol. The predicted octanol–water partition coefficient (Wildman–Crippen LogP) is 4.89. The summed E-state index contributed by atoms with van der Waals surface area (Å²) in [7, 11) is 0. The van der Waals surface area contributed by atoms with Gasteiger partial charge in [0, 0.05) is 49.6 Å². The highest BCUT2D eigenvalue weighted by molar-refractivity contribution is 5.93. The number of aromatic nitrogens is 3. The van der Waals surface area contributed by atoms with Gasteiger partial charge in [-0.3, -0.25) is 0 Å². The molecule has 0 amide bonds. The topological polar surface area (TPSA) is 45.2 Å². The van der Waals surface area contributed by atoms with Crippen molar-refractivity contribution in [2.75, 3.05) is 36.0 Å². The first-order valence-electron chi connectivity index (χ1n) is 11.1. The van der Waals surface area contributed by atoms with Crippen molar-refractivity contribution in [2.24, 2.45) is 0 Å². The minimum atomic E-state index is 0.786. The van der Waals surface area contributed by atoms with E-state index >= 15 is 0 Å². The van der Waals surface area contributed by atoms with Gasteiger partial charge in [0.25, 0.3) is 0 Å². The van der Waals surface area contributed by atoms with E-state index < -0.39 is 0 Å². The van der Waals surface area contributed by atoms with Crippen LogP contribution >= 0.6 is 0 Å². The van der Waals surface area contributed by atoms with Gasteiger partial charge >= 0.3 is 0 Å². The third kappa shape index (κ3) is 4.06. The first-order valence-corrected chi connectivity index (χ1v) is 11.1. The number of rotatable bonds is 5. The third-order valence-electron chi connectivity index (χ3n) is 6.15. The number of hydrogen-bond acceptors (Lipinski definition) is 5. The highest BCUT2D eigenvalue weighted by Gasteiger charge is 2.22. The lowest BCUT2D eigenvalue weighted by Crippen LogP contribution is -2.47. The number of fused-ring (bicyclic) bond motifs is 1. The van der Waals surface area contributed by atoms with E-state index in [-0.39, 0.29) is 0 Å². The van der Waals surface area contributed by atoms with Crippen molar-refractivity contribution in [1.82, 2.24) is 15.2 Å². The molecule has 0 N–H and O–H groups in total. The van der Waals surface area contributed by atoms with Crippen LogP contribution < -0.4 is 9.80 Å². The van der Waals surface area contributed by atoms with Gasteiger partial charge in [-0.05, 0) is 30.2 Å². The summed E-state index contributed by atoms with van der Waals surface area (Å²) in [6.45, 7) is 9.50. The van der Waals surface area contributed by atoms with Gasteiger partial charge < -0.3 is 9.80 Å². The van der Waals surface area contributed by atoms with Gasteiger partial charge in [-0.25, -0.2) is 4.98 Å². The van der Waals surface area contributed by atoms with Gasteiger partial charge in [-0.2, -0.15) is 5.10 Å². The van der Waals surface area contributed by atoms with Crippen LogP contribution in [0.1, 0.15) is 22.4 Å². The van der Waals surface area contributed by atoms with Crippen molar-refractivity contribution in [1.29, 1.82) is 0 Å². The fourth-order valence-corrected chi connectivity index (χ4v) is 4.26. The lowest BCUT2D eigenvalue weighted by atomic mass is 10.0. The van der Waals surface area contributed by atoms with Crippen molar-refractivity contribution in [3.05, 3.63) is 95.8 Å². The molecule has 0 radical (unpaired) electrons. The summed E-state index contributed by atoms with van der Waals surface area (Å²) in [6.07, 6.45) is 4.48. The maximum atomic E-state index is 4.70. The predicted molar refractivity (Wildman–Crippen MR) is 132 cm³/mol. The van der Waals surface area contributed by atoms with Crippen LogP contribution in [0, 0.1) is 6.92 Å². The number of pyridine rings is 1. The van der Waals surface area contributed by atoms with Crippen molar-refractivity contribution >= 4 is 28.5 Å². The molecule has 0 bridgehead atoms. The molecule has 4 aromatic rings. The Morgan fingerprint density at radius 1 is 0.844 bits per heavy atom. The zero-order chi connectivity index (χ0) is 21.9. The fraction of sp³-hybridized carbons (Fsp3) is 0.222. The maximum Gasteiger partial charge on any atom is 0.159 e. The Hall–Kier alpha value is -3.73. The van der Waals surface area contributed by atoms with E-state index in [1.807, 2.05) is 12.3 Å². The van der Waals surface area contributed by atoms with Crippen LogP contribution in [0.5, 0.6) is 0 Å². The van der Waals surface area contributed by atoms with Gasteiger partial charge in [0.2, 0.25) is 0 Å². The monoisotopic (exact) mass is 421 g/mol. The van der Waals surface area contributed by atoms with Crippen LogP contribution in [0.4, 0.5) is 11.6 Å². The maximum absolute atomic E-state index is 4.70. The van der Waals surface area contributed by atoms with E-state index in [1.54, 1.807) is 0 Å². The Labute approximate surface area is 189 Å². The van der Waals surface area contributed by atoms with Crippen molar-refractivity contribution in [2.45, 2.75) is 13.3 Å². The van der Waals surface area contributed by atoms with Crippen LogP contribution in [0.25, 0.3) is 16.8 Å². The SMILES string of the molecule is C=Cc1ccc(N2CCN(c3nnc(Cc4ccc(C)cc4)c4ccccc34)CC2)nc1. The minimum Gasteiger partial charge on any atom is -0.353 e. The van der Waals surface area contributed by atoms with E-state index in [1.165, 1.54) is 21.9 Å². The lowest BCUT2D eigenvalue weighted by molar-refractivity contribution is 0.639. The normalized spacial score (nSPS) is 14.0. The molecule has 0 unspecified atom stereocenters. The summed E-state index contributed by atoms with van der Waals surface area (Å²) in [6, 6.07) is 21.3. The molecule has 0 saturated carbocycles. The second-order valence-electron chi connectivity index (χ2n) is 8.31. The second kappa shape index (κ2) is 8.79. The standard InChI is InChI=1S/C27H27N5/c1-3-21-12-13-26(28-19-21)31-14-16-32(17-15-31)27-24-7-5-4-6-23(24)25(29-30-27)18-22-10-8-20(2)9-11-22/h3-13,19H,1,14-18H2,2H3. The molecular formula is C27H27N5. The number of nitrogens with zero attached hydrogens (tertiary/aromatic N) is 5. The molecule has 5 nitrogen and oxygen atoms in total.